The van der Waals surface area contributed by atoms with E-state index in [1.54, 1.807) is 0 Å². The molecule has 0 unspecified atom stereocenters. The van der Waals surface area contributed by atoms with E-state index >= 15 is 0 Å². The van der Waals surface area contributed by atoms with Gasteiger partial charge in [0.15, 0.2) is 6.04 Å². The fraction of sp³-hybridized carbons (Fsp3) is 0.562. The second-order valence-electron chi connectivity index (χ2n) is 6.23. The third-order valence-electron chi connectivity index (χ3n) is 4.12. The molecule has 1 fully saturated rings. The molecule has 20 heavy (non-hydrogen) atoms. The van der Waals surface area contributed by atoms with Crippen LogP contribution in [0.3, 0.4) is 0 Å². The van der Waals surface area contributed by atoms with Crippen LogP contribution >= 0.6 is 15.9 Å². The Bertz CT molecular complexity index is 467. The van der Waals surface area contributed by atoms with E-state index in [0.717, 1.165) is 23.2 Å². The van der Waals surface area contributed by atoms with Crippen LogP contribution in [-0.4, -0.2) is 25.0 Å². The van der Waals surface area contributed by atoms with Crippen LogP contribution in [0.1, 0.15) is 27.2 Å². The number of likely N-dealkylation sites (tertiary alicyclic amines) is 1. The number of amides is 1. The quantitative estimate of drug-likeness (QED) is 0.870. The Kier molecular flexibility index (Phi) is 5.22. The molecular formula is C16H24BrN2O+. The Morgan fingerprint density at radius 3 is 2.60 bits per heavy atom. The zero-order chi connectivity index (χ0) is 14.7. The number of carbonyl (C=O) groups is 1. The average Bonchev–Trinajstić information content (AvgIpc) is 2.36. The van der Waals surface area contributed by atoms with E-state index in [9.17, 15) is 4.79 Å². The van der Waals surface area contributed by atoms with Crippen molar-refractivity contribution in [3.05, 3.63) is 28.7 Å². The summed E-state index contributed by atoms with van der Waals surface area (Å²) in [5.74, 6) is 1.52. The summed E-state index contributed by atoms with van der Waals surface area (Å²) >= 11 is 3.42. The first-order chi connectivity index (χ1) is 9.45. The number of quaternary nitrogens is 1. The first-order valence-electron chi connectivity index (χ1n) is 7.36. The van der Waals surface area contributed by atoms with Crippen LogP contribution in [0, 0.1) is 11.8 Å². The minimum absolute atomic E-state index is 0.000758. The maximum Gasteiger partial charge on any atom is 0.282 e. The molecule has 1 heterocycles. The summed E-state index contributed by atoms with van der Waals surface area (Å²) in [4.78, 5) is 13.8. The summed E-state index contributed by atoms with van der Waals surface area (Å²) in [6, 6.07) is 7.74. The molecule has 0 spiro atoms. The van der Waals surface area contributed by atoms with Gasteiger partial charge in [-0.2, -0.15) is 0 Å². The lowest BCUT2D eigenvalue weighted by atomic mass is 9.91. The fourth-order valence-electron chi connectivity index (χ4n) is 3.19. The Balaban J connectivity index is 1.98. The number of hydrogen-bond donors (Lipinski definition) is 2. The molecule has 110 valence electrons. The van der Waals surface area contributed by atoms with Crippen molar-refractivity contribution in [3.63, 3.8) is 0 Å². The molecule has 2 rings (SSSR count). The molecule has 0 aliphatic carbocycles. The van der Waals surface area contributed by atoms with Gasteiger partial charge in [0.05, 0.1) is 13.1 Å². The SMILES string of the molecule is C[C@@H]1C[C@@H](C)C[NH+]([C@@H](C)C(=O)Nc2cccc(Br)c2)C1. The molecule has 1 aliphatic rings. The Hall–Kier alpha value is -0.870. The van der Waals surface area contributed by atoms with Crippen LogP contribution in [0.15, 0.2) is 28.7 Å². The van der Waals surface area contributed by atoms with Crippen molar-refractivity contribution in [3.8, 4) is 0 Å². The zero-order valence-electron chi connectivity index (χ0n) is 12.4. The second-order valence-corrected chi connectivity index (χ2v) is 7.15. The smallest absolute Gasteiger partial charge is 0.282 e. The van der Waals surface area contributed by atoms with Crippen molar-refractivity contribution in [2.24, 2.45) is 11.8 Å². The maximum atomic E-state index is 12.4. The second kappa shape index (κ2) is 6.72. The number of hydrogen-bond acceptors (Lipinski definition) is 1. The van der Waals surface area contributed by atoms with Gasteiger partial charge in [-0.25, -0.2) is 0 Å². The minimum atomic E-state index is -0.000758. The highest BCUT2D eigenvalue weighted by Gasteiger charge is 2.32. The van der Waals surface area contributed by atoms with Crippen LogP contribution in [-0.2, 0) is 4.79 Å². The summed E-state index contributed by atoms with van der Waals surface area (Å²) in [6.45, 7) is 8.80. The van der Waals surface area contributed by atoms with Gasteiger partial charge in [0.25, 0.3) is 5.91 Å². The third-order valence-corrected chi connectivity index (χ3v) is 4.62. The lowest BCUT2D eigenvalue weighted by Gasteiger charge is -2.35. The average molecular weight is 340 g/mol. The van der Waals surface area contributed by atoms with Gasteiger partial charge < -0.3 is 10.2 Å². The highest BCUT2D eigenvalue weighted by atomic mass is 79.9. The van der Waals surface area contributed by atoms with Crippen LogP contribution in [0.4, 0.5) is 5.69 Å². The van der Waals surface area contributed by atoms with Crippen molar-refractivity contribution >= 4 is 27.5 Å². The van der Waals surface area contributed by atoms with Gasteiger partial charge in [-0.1, -0.05) is 35.8 Å². The van der Waals surface area contributed by atoms with Crippen molar-refractivity contribution in [2.45, 2.75) is 33.2 Å². The maximum absolute atomic E-state index is 12.4. The summed E-state index contributed by atoms with van der Waals surface area (Å²) in [5, 5.41) is 3.02. The van der Waals surface area contributed by atoms with Gasteiger partial charge in [-0.05, 0) is 31.5 Å². The van der Waals surface area contributed by atoms with E-state index in [0.29, 0.717) is 11.8 Å². The summed E-state index contributed by atoms with van der Waals surface area (Å²) in [5.41, 5.74) is 0.855. The van der Waals surface area contributed by atoms with E-state index in [2.05, 4.69) is 35.1 Å². The number of nitrogens with one attached hydrogen (secondary N) is 2. The highest BCUT2D eigenvalue weighted by Crippen LogP contribution is 2.16. The van der Waals surface area contributed by atoms with Crippen LogP contribution in [0.25, 0.3) is 0 Å². The van der Waals surface area contributed by atoms with Crippen LogP contribution < -0.4 is 10.2 Å². The molecule has 2 N–H and O–H groups in total. The highest BCUT2D eigenvalue weighted by molar-refractivity contribution is 9.10. The number of benzene rings is 1. The number of halogens is 1. The van der Waals surface area contributed by atoms with E-state index in [-0.39, 0.29) is 11.9 Å². The zero-order valence-corrected chi connectivity index (χ0v) is 14.0. The lowest BCUT2D eigenvalue weighted by molar-refractivity contribution is -0.925. The molecule has 1 aromatic carbocycles. The summed E-state index contributed by atoms with van der Waals surface area (Å²) in [7, 11) is 0. The molecular weight excluding hydrogens is 316 g/mol. The van der Waals surface area contributed by atoms with E-state index < -0.39 is 0 Å². The molecule has 1 saturated heterocycles. The number of rotatable bonds is 3. The van der Waals surface area contributed by atoms with E-state index in [4.69, 9.17) is 0 Å². The minimum Gasteiger partial charge on any atom is -0.324 e. The molecule has 3 atom stereocenters. The molecule has 0 saturated carbocycles. The van der Waals surface area contributed by atoms with Gasteiger partial charge in [0, 0.05) is 22.0 Å². The number of carbonyl (C=O) groups excluding carboxylic acids is 1. The topological polar surface area (TPSA) is 33.5 Å². The summed E-state index contributed by atoms with van der Waals surface area (Å²) in [6.07, 6.45) is 1.28. The lowest BCUT2D eigenvalue weighted by Crippen LogP contribution is -3.18. The standard InChI is InChI=1S/C16H23BrN2O/c1-11-7-12(2)10-19(9-11)13(3)16(20)18-15-6-4-5-14(17)8-15/h4-6,8,11-13H,7,9-10H2,1-3H3,(H,18,20)/p+1/t11-,12-,13+/m1/s1. The molecule has 1 aromatic rings. The first-order valence-corrected chi connectivity index (χ1v) is 8.16. The molecule has 3 nitrogen and oxygen atoms in total. The predicted octanol–water partition coefficient (Wildman–Crippen LogP) is 2.34. The third kappa shape index (κ3) is 4.06. The Morgan fingerprint density at radius 2 is 2.00 bits per heavy atom. The summed E-state index contributed by atoms with van der Waals surface area (Å²) < 4.78 is 0.982. The van der Waals surface area contributed by atoms with Gasteiger partial charge in [0.1, 0.15) is 0 Å². The van der Waals surface area contributed by atoms with Gasteiger partial charge in [0.2, 0.25) is 0 Å². The van der Waals surface area contributed by atoms with E-state index in [1.165, 1.54) is 11.3 Å². The number of piperidine rings is 1. The van der Waals surface area contributed by atoms with E-state index in [1.807, 2.05) is 31.2 Å². The van der Waals surface area contributed by atoms with Gasteiger partial charge in [-0.15, -0.1) is 0 Å². The van der Waals surface area contributed by atoms with Crippen molar-refractivity contribution in [2.75, 3.05) is 18.4 Å². The Morgan fingerprint density at radius 1 is 1.35 bits per heavy atom. The van der Waals surface area contributed by atoms with Crippen molar-refractivity contribution < 1.29 is 9.69 Å². The fourth-order valence-corrected chi connectivity index (χ4v) is 3.59. The van der Waals surface area contributed by atoms with Crippen molar-refractivity contribution in [1.29, 1.82) is 0 Å². The molecule has 1 amide bonds. The largest absolute Gasteiger partial charge is 0.324 e. The first kappa shape index (κ1) is 15.5. The number of anilines is 1. The Labute approximate surface area is 129 Å². The molecule has 0 aromatic heterocycles. The predicted molar refractivity (Wildman–Crippen MR) is 85.9 cm³/mol. The van der Waals surface area contributed by atoms with Crippen molar-refractivity contribution in [1.82, 2.24) is 0 Å². The van der Waals surface area contributed by atoms with Gasteiger partial charge in [-0.3, -0.25) is 4.79 Å². The molecule has 1 aliphatic heterocycles. The normalized spacial score (nSPS) is 27.9. The molecule has 0 bridgehead atoms. The molecule has 0 radical (unpaired) electrons. The molecule has 4 heteroatoms. The van der Waals surface area contributed by atoms with Crippen LogP contribution in [0.5, 0.6) is 0 Å². The monoisotopic (exact) mass is 339 g/mol. The van der Waals surface area contributed by atoms with Gasteiger partial charge >= 0.3 is 0 Å². The van der Waals surface area contributed by atoms with Crippen LogP contribution in [0.2, 0.25) is 0 Å².